The van der Waals surface area contributed by atoms with Gasteiger partial charge in [0.2, 0.25) is 0 Å². The largest absolute Gasteiger partial charge is 0.271 e. The molecule has 0 aromatic heterocycles. The second-order valence-corrected chi connectivity index (χ2v) is 2.14. The Morgan fingerprint density at radius 2 is 2.00 bits per heavy atom. The van der Waals surface area contributed by atoms with Crippen LogP contribution in [0.4, 0.5) is 0 Å². The van der Waals surface area contributed by atoms with Crippen molar-refractivity contribution < 1.29 is 0 Å². The van der Waals surface area contributed by atoms with Crippen LogP contribution in [-0.2, 0) is 0 Å². The first-order valence-electron chi connectivity index (χ1n) is 2.71. The zero-order chi connectivity index (χ0) is 5.70. The second-order valence-electron chi connectivity index (χ2n) is 2.14. The van der Waals surface area contributed by atoms with Crippen molar-refractivity contribution in [3.8, 4) is 0 Å². The molecule has 0 heterocycles. The van der Waals surface area contributed by atoms with E-state index in [-0.39, 0.29) is 12.4 Å². The number of hydrogen-bond acceptors (Lipinski definition) is 2. The van der Waals surface area contributed by atoms with Crippen molar-refractivity contribution in [1.29, 1.82) is 0 Å². The van der Waals surface area contributed by atoms with Crippen LogP contribution >= 0.6 is 12.4 Å². The fourth-order valence-electron chi connectivity index (χ4n) is 0.372. The van der Waals surface area contributed by atoms with Crippen molar-refractivity contribution in [2.24, 2.45) is 11.8 Å². The first kappa shape index (κ1) is 11.1. The van der Waals surface area contributed by atoms with E-state index >= 15 is 0 Å². The van der Waals surface area contributed by atoms with Gasteiger partial charge < -0.3 is 0 Å². The van der Waals surface area contributed by atoms with Crippen LogP contribution < -0.4 is 11.3 Å². The van der Waals surface area contributed by atoms with Gasteiger partial charge in [-0.2, -0.15) is 0 Å². The molecule has 0 unspecified atom stereocenters. The highest BCUT2D eigenvalue weighted by molar-refractivity contribution is 5.85. The Bertz CT molecular complexity index is 39.4. The van der Waals surface area contributed by atoms with Crippen molar-refractivity contribution in [1.82, 2.24) is 5.43 Å². The molecule has 0 aliphatic rings. The Labute approximate surface area is 57.2 Å². The topological polar surface area (TPSA) is 38.0 Å². The quantitative estimate of drug-likeness (QED) is 0.450. The number of rotatable bonds is 3. The summed E-state index contributed by atoms with van der Waals surface area (Å²) in [6.07, 6.45) is 1.16. The molecule has 0 aromatic carbocycles. The molecule has 0 amide bonds. The average Bonchev–Trinajstić information content (AvgIpc) is 1.61. The highest BCUT2D eigenvalue weighted by Crippen LogP contribution is 1.94. The Hall–Kier alpha value is 0.210. The fraction of sp³-hybridized carbons (Fsp3) is 1.00. The smallest absolute Gasteiger partial charge is 0.00998 e. The maximum Gasteiger partial charge on any atom is 0.00998 e. The molecule has 52 valence electrons. The number of nitrogens with one attached hydrogen (secondary N) is 1. The predicted molar refractivity (Wildman–Crippen MR) is 38.9 cm³/mol. The monoisotopic (exact) mass is 138 g/mol. The van der Waals surface area contributed by atoms with Gasteiger partial charge in [0.1, 0.15) is 0 Å². The van der Waals surface area contributed by atoms with Crippen LogP contribution in [0.5, 0.6) is 0 Å². The number of halogens is 1. The molecule has 0 aliphatic carbocycles. The lowest BCUT2D eigenvalue weighted by atomic mass is 10.1. The van der Waals surface area contributed by atoms with Gasteiger partial charge in [-0.05, 0) is 12.3 Å². The Balaban J connectivity index is 0. The summed E-state index contributed by atoms with van der Waals surface area (Å²) in [4.78, 5) is 0. The molecule has 0 radical (unpaired) electrons. The molecule has 0 saturated carbocycles. The lowest BCUT2D eigenvalue weighted by Gasteiger charge is -2.00. The zero-order valence-electron chi connectivity index (χ0n) is 5.48. The highest BCUT2D eigenvalue weighted by atomic mass is 35.5. The molecule has 0 rings (SSSR count). The third-order valence-electron chi connectivity index (χ3n) is 0.866. The van der Waals surface area contributed by atoms with Gasteiger partial charge >= 0.3 is 0 Å². The summed E-state index contributed by atoms with van der Waals surface area (Å²) >= 11 is 0. The number of nitrogens with two attached hydrogens (primary N) is 1. The van der Waals surface area contributed by atoms with E-state index in [2.05, 4.69) is 19.3 Å². The third kappa shape index (κ3) is 9.51. The van der Waals surface area contributed by atoms with Crippen molar-refractivity contribution in [2.45, 2.75) is 20.3 Å². The molecular formula is C5H15ClN2. The van der Waals surface area contributed by atoms with Crippen LogP contribution in [0.1, 0.15) is 20.3 Å². The minimum absolute atomic E-state index is 0. The van der Waals surface area contributed by atoms with E-state index in [4.69, 9.17) is 5.84 Å². The Morgan fingerprint density at radius 3 is 2.12 bits per heavy atom. The van der Waals surface area contributed by atoms with Crippen LogP contribution in [0.25, 0.3) is 0 Å². The third-order valence-corrected chi connectivity index (χ3v) is 0.866. The molecular weight excluding hydrogens is 124 g/mol. The van der Waals surface area contributed by atoms with Crippen LogP contribution in [0.2, 0.25) is 0 Å². The molecule has 8 heavy (non-hydrogen) atoms. The summed E-state index contributed by atoms with van der Waals surface area (Å²) in [6.45, 7) is 5.28. The van der Waals surface area contributed by atoms with E-state index in [1.807, 2.05) is 0 Å². The van der Waals surface area contributed by atoms with E-state index in [1.165, 1.54) is 0 Å². The molecule has 0 saturated heterocycles. The summed E-state index contributed by atoms with van der Waals surface area (Å²) in [7, 11) is 0. The maximum absolute atomic E-state index is 5.03. The molecule has 0 aliphatic heterocycles. The summed E-state index contributed by atoms with van der Waals surface area (Å²) < 4.78 is 0. The predicted octanol–water partition coefficient (Wildman–Crippen LogP) is 0.918. The highest BCUT2D eigenvalue weighted by Gasteiger charge is 1.88. The van der Waals surface area contributed by atoms with Crippen LogP contribution in [0.3, 0.4) is 0 Å². The molecule has 0 aromatic rings. The van der Waals surface area contributed by atoms with E-state index < -0.39 is 0 Å². The van der Waals surface area contributed by atoms with Gasteiger partial charge in [-0.1, -0.05) is 13.8 Å². The SMILES string of the molecule is CC(C)CCNN.Cl. The summed E-state index contributed by atoms with van der Waals surface area (Å²) in [6, 6.07) is 0. The second kappa shape index (κ2) is 7.21. The standard InChI is InChI=1S/C5H14N2.ClH/c1-5(2)3-4-7-6;/h5,7H,3-4,6H2,1-2H3;1H. The van der Waals surface area contributed by atoms with Crippen molar-refractivity contribution >= 4 is 12.4 Å². The van der Waals surface area contributed by atoms with Gasteiger partial charge in [-0.25, -0.2) is 0 Å². The maximum atomic E-state index is 5.03. The minimum Gasteiger partial charge on any atom is -0.271 e. The van der Waals surface area contributed by atoms with E-state index in [1.54, 1.807) is 0 Å². The normalized spacial score (nSPS) is 9.00. The molecule has 0 fully saturated rings. The molecule has 2 nitrogen and oxygen atoms in total. The van der Waals surface area contributed by atoms with Gasteiger partial charge in [0.15, 0.2) is 0 Å². The van der Waals surface area contributed by atoms with E-state index in [0.717, 1.165) is 18.9 Å². The summed E-state index contributed by atoms with van der Waals surface area (Å²) in [5.41, 5.74) is 2.60. The molecule has 3 N–H and O–H groups in total. The van der Waals surface area contributed by atoms with Gasteiger partial charge in [-0.3, -0.25) is 11.3 Å². The van der Waals surface area contributed by atoms with Gasteiger partial charge in [-0.15, -0.1) is 12.4 Å². The fourth-order valence-corrected chi connectivity index (χ4v) is 0.372. The molecule has 0 atom stereocenters. The average molecular weight is 139 g/mol. The minimum atomic E-state index is 0. The van der Waals surface area contributed by atoms with Gasteiger partial charge in [0.25, 0.3) is 0 Å². The van der Waals surface area contributed by atoms with E-state index in [0.29, 0.717) is 0 Å². The first-order chi connectivity index (χ1) is 3.27. The van der Waals surface area contributed by atoms with E-state index in [9.17, 15) is 0 Å². The van der Waals surface area contributed by atoms with Crippen LogP contribution in [0, 0.1) is 5.92 Å². The van der Waals surface area contributed by atoms with Gasteiger partial charge in [0.05, 0.1) is 0 Å². The lowest BCUT2D eigenvalue weighted by molar-refractivity contribution is 0.547. The van der Waals surface area contributed by atoms with Crippen LogP contribution in [-0.4, -0.2) is 6.54 Å². The molecule has 3 heteroatoms. The molecule has 0 spiro atoms. The first-order valence-corrected chi connectivity index (χ1v) is 2.71. The number of hydrogen-bond donors (Lipinski definition) is 2. The summed E-state index contributed by atoms with van der Waals surface area (Å²) in [5, 5.41) is 0. The lowest BCUT2D eigenvalue weighted by Crippen LogP contribution is -2.23. The zero-order valence-corrected chi connectivity index (χ0v) is 6.29. The molecule has 0 bridgehead atoms. The van der Waals surface area contributed by atoms with Crippen molar-refractivity contribution in [3.63, 3.8) is 0 Å². The van der Waals surface area contributed by atoms with Gasteiger partial charge in [0, 0.05) is 6.54 Å². The summed E-state index contributed by atoms with van der Waals surface area (Å²) in [5.74, 6) is 5.79. The Morgan fingerprint density at radius 1 is 1.50 bits per heavy atom. The Kier molecular flexibility index (Phi) is 9.97. The van der Waals surface area contributed by atoms with Crippen LogP contribution in [0.15, 0.2) is 0 Å². The number of hydrazine groups is 1. The van der Waals surface area contributed by atoms with Crippen molar-refractivity contribution in [3.05, 3.63) is 0 Å². The van der Waals surface area contributed by atoms with Crippen molar-refractivity contribution in [2.75, 3.05) is 6.54 Å².